The Morgan fingerprint density at radius 3 is 2.54 bits per heavy atom. The van der Waals surface area contributed by atoms with Crippen LogP contribution >= 0.6 is 0 Å². The normalized spacial score (nSPS) is 22.3. The molecule has 0 aliphatic carbocycles. The van der Waals surface area contributed by atoms with Gasteiger partial charge in [-0.2, -0.15) is 0 Å². The van der Waals surface area contributed by atoms with Crippen molar-refractivity contribution in [1.29, 1.82) is 0 Å². The Labute approximate surface area is 79.1 Å². The van der Waals surface area contributed by atoms with Gasteiger partial charge in [-0.05, 0) is 26.0 Å². The van der Waals surface area contributed by atoms with Gasteiger partial charge in [0.2, 0.25) is 0 Å². The van der Waals surface area contributed by atoms with Gasteiger partial charge in [-0.3, -0.25) is 0 Å². The lowest BCUT2D eigenvalue weighted by Gasteiger charge is -2.15. The summed E-state index contributed by atoms with van der Waals surface area (Å²) < 4.78 is 5.48. The zero-order valence-electron chi connectivity index (χ0n) is 8.16. The van der Waals surface area contributed by atoms with Gasteiger partial charge in [-0.1, -0.05) is 17.7 Å². The molecule has 0 N–H and O–H groups in total. The van der Waals surface area contributed by atoms with Gasteiger partial charge < -0.3 is 9.64 Å². The third kappa shape index (κ3) is 1.83. The third-order valence-electron chi connectivity index (χ3n) is 2.39. The van der Waals surface area contributed by atoms with E-state index < -0.39 is 0 Å². The van der Waals surface area contributed by atoms with E-state index in [-0.39, 0.29) is 0 Å². The lowest BCUT2D eigenvalue weighted by molar-refractivity contribution is 0.130. The Hall–Kier alpha value is -1.02. The molecular weight excluding hydrogens is 162 g/mol. The van der Waals surface area contributed by atoms with Gasteiger partial charge in [-0.25, -0.2) is 0 Å². The van der Waals surface area contributed by atoms with Crippen LogP contribution in [0.25, 0.3) is 0 Å². The maximum Gasteiger partial charge on any atom is 0.119 e. The first-order valence-electron chi connectivity index (χ1n) is 4.69. The molecule has 0 spiro atoms. The number of aryl methyl sites for hydroxylation is 1. The molecule has 0 bridgehead atoms. The third-order valence-corrected chi connectivity index (χ3v) is 2.39. The van der Waals surface area contributed by atoms with Crippen LogP contribution < -0.4 is 4.90 Å². The summed E-state index contributed by atoms with van der Waals surface area (Å²) in [5.41, 5.74) is 2.56. The summed E-state index contributed by atoms with van der Waals surface area (Å²) in [6.07, 6.45) is 0.362. The highest BCUT2D eigenvalue weighted by atomic mass is 16.5. The summed E-state index contributed by atoms with van der Waals surface area (Å²) in [7, 11) is 0. The highest BCUT2D eigenvalue weighted by Gasteiger charge is 2.18. The number of benzene rings is 1. The second-order valence-corrected chi connectivity index (χ2v) is 3.66. The van der Waals surface area contributed by atoms with Crippen LogP contribution in [0.3, 0.4) is 0 Å². The maximum atomic E-state index is 5.48. The first kappa shape index (κ1) is 8.57. The minimum absolute atomic E-state index is 0.362. The van der Waals surface area contributed by atoms with Crippen molar-refractivity contribution in [2.75, 3.05) is 18.2 Å². The van der Waals surface area contributed by atoms with Crippen LogP contribution in [0.5, 0.6) is 0 Å². The van der Waals surface area contributed by atoms with E-state index in [0.717, 1.165) is 13.3 Å². The Kier molecular flexibility index (Phi) is 2.23. The van der Waals surface area contributed by atoms with Gasteiger partial charge in [0.05, 0.1) is 6.10 Å². The molecule has 1 aromatic rings. The van der Waals surface area contributed by atoms with Crippen molar-refractivity contribution in [3.05, 3.63) is 29.8 Å². The van der Waals surface area contributed by atoms with Gasteiger partial charge in [0, 0.05) is 12.2 Å². The van der Waals surface area contributed by atoms with E-state index in [4.69, 9.17) is 4.74 Å². The molecule has 0 saturated carbocycles. The molecule has 1 aliphatic heterocycles. The minimum Gasteiger partial charge on any atom is -0.356 e. The van der Waals surface area contributed by atoms with E-state index in [2.05, 4.69) is 43.0 Å². The number of nitrogens with zero attached hydrogens (tertiary/aromatic N) is 1. The fourth-order valence-corrected chi connectivity index (χ4v) is 1.57. The van der Waals surface area contributed by atoms with Crippen LogP contribution in [0, 0.1) is 6.92 Å². The molecule has 2 rings (SSSR count). The number of hydrogen-bond donors (Lipinski definition) is 0. The average Bonchev–Trinajstić information content (AvgIpc) is 2.53. The molecule has 1 saturated heterocycles. The van der Waals surface area contributed by atoms with Crippen molar-refractivity contribution in [3.8, 4) is 0 Å². The van der Waals surface area contributed by atoms with Crippen LogP contribution in [0.4, 0.5) is 5.69 Å². The Bertz CT molecular complexity index is 281. The molecule has 0 amide bonds. The quantitative estimate of drug-likeness (QED) is 0.652. The molecular formula is C11H15NO. The molecule has 70 valence electrons. The summed E-state index contributed by atoms with van der Waals surface area (Å²) in [6, 6.07) is 8.57. The molecule has 0 radical (unpaired) electrons. The lowest BCUT2D eigenvalue weighted by Crippen LogP contribution is -2.19. The first-order chi connectivity index (χ1) is 6.25. The van der Waals surface area contributed by atoms with E-state index in [1.54, 1.807) is 0 Å². The molecule has 0 aromatic heterocycles. The monoisotopic (exact) mass is 177 g/mol. The molecule has 1 fully saturated rings. The van der Waals surface area contributed by atoms with E-state index >= 15 is 0 Å². The van der Waals surface area contributed by atoms with E-state index in [0.29, 0.717) is 6.10 Å². The zero-order valence-corrected chi connectivity index (χ0v) is 8.16. The summed E-state index contributed by atoms with van der Waals surface area (Å²) in [5, 5.41) is 0. The molecule has 1 unspecified atom stereocenters. The van der Waals surface area contributed by atoms with Crippen molar-refractivity contribution < 1.29 is 4.74 Å². The number of rotatable bonds is 1. The molecule has 1 aliphatic rings. The summed E-state index contributed by atoms with van der Waals surface area (Å²) in [4.78, 5) is 2.25. The molecule has 13 heavy (non-hydrogen) atoms. The zero-order chi connectivity index (χ0) is 9.26. The van der Waals surface area contributed by atoms with Crippen LogP contribution in [-0.4, -0.2) is 19.4 Å². The summed E-state index contributed by atoms with van der Waals surface area (Å²) >= 11 is 0. The van der Waals surface area contributed by atoms with Crippen LogP contribution in [-0.2, 0) is 4.74 Å². The van der Waals surface area contributed by atoms with Gasteiger partial charge in [0.1, 0.15) is 6.73 Å². The fraction of sp³-hybridized carbons (Fsp3) is 0.455. The molecule has 1 aromatic carbocycles. The predicted molar refractivity (Wildman–Crippen MR) is 53.9 cm³/mol. The number of hydrogen-bond acceptors (Lipinski definition) is 2. The number of anilines is 1. The highest BCUT2D eigenvalue weighted by Crippen LogP contribution is 2.19. The van der Waals surface area contributed by atoms with E-state index in [9.17, 15) is 0 Å². The van der Waals surface area contributed by atoms with Crippen LogP contribution in [0.15, 0.2) is 24.3 Å². The maximum absolute atomic E-state index is 5.48. The van der Waals surface area contributed by atoms with Crippen molar-refractivity contribution in [2.24, 2.45) is 0 Å². The molecule has 1 atom stereocenters. The van der Waals surface area contributed by atoms with Crippen LogP contribution in [0.2, 0.25) is 0 Å². The Morgan fingerprint density at radius 2 is 2.00 bits per heavy atom. The Balaban J connectivity index is 2.13. The average molecular weight is 177 g/mol. The molecule has 2 heteroatoms. The lowest BCUT2D eigenvalue weighted by atomic mass is 10.2. The smallest absolute Gasteiger partial charge is 0.119 e. The predicted octanol–water partition coefficient (Wildman–Crippen LogP) is 2.18. The highest BCUT2D eigenvalue weighted by molar-refractivity contribution is 5.47. The topological polar surface area (TPSA) is 12.5 Å². The van der Waals surface area contributed by atoms with Gasteiger partial charge in [0.25, 0.3) is 0 Å². The molecule has 2 nitrogen and oxygen atoms in total. The SMILES string of the molecule is Cc1ccc(N2COC(C)C2)cc1. The van der Waals surface area contributed by atoms with Crippen LogP contribution in [0.1, 0.15) is 12.5 Å². The summed E-state index contributed by atoms with van der Waals surface area (Å²) in [6.45, 7) is 5.94. The fourth-order valence-electron chi connectivity index (χ4n) is 1.57. The Morgan fingerprint density at radius 1 is 1.31 bits per heavy atom. The van der Waals surface area contributed by atoms with E-state index in [1.165, 1.54) is 11.3 Å². The van der Waals surface area contributed by atoms with Crippen molar-refractivity contribution in [1.82, 2.24) is 0 Å². The van der Waals surface area contributed by atoms with Crippen molar-refractivity contribution in [2.45, 2.75) is 20.0 Å². The second kappa shape index (κ2) is 3.38. The minimum atomic E-state index is 0.362. The largest absolute Gasteiger partial charge is 0.356 e. The van der Waals surface area contributed by atoms with Gasteiger partial charge in [-0.15, -0.1) is 0 Å². The second-order valence-electron chi connectivity index (χ2n) is 3.66. The van der Waals surface area contributed by atoms with Gasteiger partial charge in [0.15, 0.2) is 0 Å². The summed E-state index contributed by atoms with van der Waals surface area (Å²) in [5.74, 6) is 0. The molecule has 1 heterocycles. The van der Waals surface area contributed by atoms with Crippen molar-refractivity contribution >= 4 is 5.69 Å². The van der Waals surface area contributed by atoms with Crippen molar-refractivity contribution in [3.63, 3.8) is 0 Å². The standard InChI is InChI=1S/C11H15NO/c1-9-3-5-11(6-4-9)12-7-10(2)13-8-12/h3-6,10H,7-8H2,1-2H3. The number of ether oxygens (including phenoxy) is 1. The van der Waals surface area contributed by atoms with Gasteiger partial charge >= 0.3 is 0 Å². The van der Waals surface area contributed by atoms with E-state index in [1.807, 2.05) is 0 Å². The first-order valence-corrected chi connectivity index (χ1v) is 4.69.